The van der Waals surface area contributed by atoms with Crippen LogP contribution in [0.1, 0.15) is 30.7 Å². The van der Waals surface area contributed by atoms with Gasteiger partial charge in [0.2, 0.25) is 0 Å². The first-order valence-electron chi connectivity index (χ1n) is 6.67. The van der Waals surface area contributed by atoms with Crippen molar-refractivity contribution in [1.29, 1.82) is 0 Å². The zero-order valence-electron chi connectivity index (χ0n) is 11.2. The highest BCUT2D eigenvalue weighted by Gasteiger charge is 2.31. The topological polar surface area (TPSA) is 78.4 Å². The Bertz CT molecular complexity index is 547. The minimum Gasteiger partial charge on any atom is -0.481 e. The maximum atomic E-state index is 13.2. The van der Waals surface area contributed by atoms with Crippen LogP contribution in [0.5, 0.6) is 0 Å². The molecular formula is C14H16BrFN2O3. The van der Waals surface area contributed by atoms with Crippen LogP contribution in [0.2, 0.25) is 0 Å². The molecule has 0 radical (unpaired) electrons. The molecule has 0 saturated heterocycles. The molecular weight excluding hydrogens is 343 g/mol. The average molecular weight is 359 g/mol. The van der Waals surface area contributed by atoms with Crippen LogP contribution in [0.25, 0.3) is 0 Å². The predicted octanol–water partition coefficient (Wildman–Crippen LogP) is 2.61. The highest BCUT2D eigenvalue weighted by atomic mass is 79.9. The minimum absolute atomic E-state index is 0.0728. The lowest BCUT2D eigenvalue weighted by atomic mass is 9.76. The van der Waals surface area contributed by atoms with Crippen LogP contribution >= 0.6 is 15.9 Å². The number of halogens is 2. The smallest absolute Gasteiger partial charge is 0.315 e. The number of carboxylic acids is 1. The summed E-state index contributed by atoms with van der Waals surface area (Å²) in [6.45, 7) is 0.113. The van der Waals surface area contributed by atoms with E-state index in [4.69, 9.17) is 5.11 Å². The summed E-state index contributed by atoms with van der Waals surface area (Å²) >= 11 is 3.16. The van der Waals surface area contributed by atoms with Crippen molar-refractivity contribution >= 4 is 27.9 Å². The summed E-state index contributed by atoms with van der Waals surface area (Å²) in [6.07, 6.45) is 1.50. The molecule has 7 heteroatoms. The number of hydrogen-bond acceptors (Lipinski definition) is 2. The van der Waals surface area contributed by atoms with E-state index in [0.29, 0.717) is 10.4 Å². The largest absolute Gasteiger partial charge is 0.481 e. The van der Waals surface area contributed by atoms with Crippen molar-refractivity contribution in [1.82, 2.24) is 10.6 Å². The number of rotatable bonds is 5. The second kappa shape index (κ2) is 6.89. The third-order valence-electron chi connectivity index (χ3n) is 3.51. The van der Waals surface area contributed by atoms with Gasteiger partial charge in [-0.15, -0.1) is 0 Å². The lowest BCUT2D eigenvalue weighted by Crippen LogP contribution is -2.48. The number of carboxylic acid groups (broad SMARTS) is 1. The Kier molecular flexibility index (Phi) is 5.17. The normalized spacial score (nSPS) is 20.5. The predicted molar refractivity (Wildman–Crippen MR) is 78.7 cm³/mol. The molecule has 2 rings (SSSR count). The zero-order valence-corrected chi connectivity index (χ0v) is 12.8. The molecule has 0 aromatic heterocycles. The summed E-state index contributed by atoms with van der Waals surface area (Å²) in [5.41, 5.74) is 1.05. The molecule has 0 bridgehead atoms. The number of nitrogens with one attached hydrogen (secondary N) is 2. The molecule has 2 amide bonds. The summed E-state index contributed by atoms with van der Waals surface area (Å²) in [4.78, 5) is 21.8. The van der Waals surface area contributed by atoms with Gasteiger partial charge < -0.3 is 15.7 Å². The van der Waals surface area contributed by atoms with Gasteiger partial charge in [-0.3, -0.25) is 4.79 Å². The molecule has 1 fully saturated rings. The molecule has 5 nitrogen and oxygen atoms in total. The van der Waals surface area contributed by atoms with Crippen LogP contribution in [0.4, 0.5) is 9.18 Å². The highest BCUT2D eigenvalue weighted by Crippen LogP contribution is 2.38. The van der Waals surface area contributed by atoms with Gasteiger partial charge in [-0.05, 0) is 52.4 Å². The number of aliphatic carboxylic acids is 1. The fourth-order valence-electron chi connectivity index (χ4n) is 2.29. The van der Waals surface area contributed by atoms with E-state index in [9.17, 15) is 14.0 Å². The number of amides is 2. The number of benzene rings is 1. The Morgan fingerprint density at radius 2 is 2.10 bits per heavy atom. The quantitative estimate of drug-likeness (QED) is 0.756. The first-order valence-corrected chi connectivity index (χ1v) is 7.46. The second-order valence-corrected chi connectivity index (χ2v) is 5.94. The molecule has 0 aliphatic heterocycles. The van der Waals surface area contributed by atoms with Crippen LogP contribution in [0, 0.1) is 5.82 Å². The Morgan fingerprint density at radius 3 is 2.71 bits per heavy atom. The molecule has 1 aliphatic rings. The van der Waals surface area contributed by atoms with Crippen molar-refractivity contribution in [3.63, 3.8) is 0 Å². The van der Waals surface area contributed by atoms with E-state index in [2.05, 4.69) is 26.6 Å². The van der Waals surface area contributed by atoms with Crippen LogP contribution < -0.4 is 10.6 Å². The van der Waals surface area contributed by atoms with Crippen molar-refractivity contribution in [3.05, 3.63) is 34.1 Å². The highest BCUT2D eigenvalue weighted by molar-refractivity contribution is 9.10. The maximum absolute atomic E-state index is 13.2. The van der Waals surface area contributed by atoms with Crippen molar-refractivity contribution in [3.8, 4) is 0 Å². The lowest BCUT2D eigenvalue weighted by Gasteiger charge is -2.36. The van der Waals surface area contributed by atoms with Crippen LogP contribution in [-0.2, 0) is 4.79 Å². The van der Waals surface area contributed by atoms with Crippen molar-refractivity contribution < 1.29 is 19.1 Å². The fourth-order valence-corrected chi connectivity index (χ4v) is 2.69. The summed E-state index contributed by atoms with van der Waals surface area (Å²) in [5, 5.41) is 13.7. The fraction of sp³-hybridized carbons (Fsp3) is 0.429. The molecule has 114 valence electrons. The molecule has 1 aromatic rings. The number of carbonyl (C=O) groups is 2. The second-order valence-electron chi connectivity index (χ2n) is 5.08. The van der Waals surface area contributed by atoms with Gasteiger partial charge in [0.05, 0.1) is 10.9 Å². The zero-order chi connectivity index (χ0) is 15.4. The summed E-state index contributed by atoms with van der Waals surface area (Å²) in [6, 6.07) is 4.68. The first kappa shape index (κ1) is 15.8. The monoisotopic (exact) mass is 358 g/mol. The van der Waals surface area contributed by atoms with E-state index >= 15 is 0 Å². The van der Waals surface area contributed by atoms with Crippen molar-refractivity contribution in [2.24, 2.45) is 0 Å². The minimum atomic E-state index is -0.944. The van der Waals surface area contributed by atoms with Gasteiger partial charge in [0.15, 0.2) is 0 Å². The van der Waals surface area contributed by atoms with E-state index in [-0.39, 0.29) is 30.9 Å². The Morgan fingerprint density at radius 1 is 1.38 bits per heavy atom. The molecule has 0 atom stereocenters. The van der Waals surface area contributed by atoms with Gasteiger partial charge in [0.1, 0.15) is 5.82 Å². The number of carbonyl (C=O) groups excluding carboxylic acids is 1. The van der Waals surface area contributed by atoms with E-state index in [1.54, 1.807) is 12.1 Å². The van der Waals surface area contributed by atoms with Crippen molar-refractivity contribution in [2.45, 2.75) is 31.2 Å². The van der Waals surface area contributed by atoms with Gasteiger partial charge in [-0.1, -0.05) is 6.07 Å². The van der Waals surface area contributed by atoms with Gasteiger partial charge in [-0.25, -0.2) is 9.18 Å². The van der Waals surface area contributed by atoms with Crippen LogP contribution in [0.15, 0.2) is 22.7 Å². The summed E-state index contributed by atoms with van der Waals surface area (Å²) in [5.74, 6) is -0.919. The molecule has 0 unspecified atom stereocenters. The molecule has 3 N–H and O–H groups in total. The van der Waals surface area contributed by atoms with E-state index in [1.165, 1.54) is 6.07 Å². The third-order valence-corrected chi connectivity index (χ3v) is 4.12. The van der Waals surface area contributed by atoms with E-state index in [0.717, 1.165) is 18.4 Å². The first-order chi connectivity index (χ1) is 9.95. The van der Waals surface area contributed by atoms with E-state index < -0.39 is 5.97 Å². The van der Waals surface area contributed by atoms with Gasteiger partial charge in [0, 0.05) is 12.6 Å². The van der Waals surface area contributed by atoms with Crippen molar-refractivity contribution in [2.75, 3.05) is 6.54 Å². The summed E-state index contributed by atoms with van der Waals surface area (Å²) < 4.78 is 13.6. The molecule has 1 aliphatic carbocycles. The maximum Gasteiger partial charge on any atom is 0.315 e. The van der Waals surface area contributed by atoms with Gasteiger partial charge >= 0.3 is 12.0 Å². The Hall–Kier alpha value is -1.63. The van der Waals surface area contributed by atoms with Gasteiger partial charge in [-0.2, -0.15) is 0 Å². The standard InChI is InChI=1S/C14H16BrFN2O3/c15-11-7-8(1-2-12(11)16)9-5-10(6-9)18-14(21)17-4-3-13(19)20/h1-2,7,9-10H,3-6H2,(H,19,20)(H2,17,18,21). The molecule has 21 heavy (non-hydrogen) atoms. The lowest BCUT2D eigenvalue weighted by molar-refractivity contribution is -0.136. The molecule has 1 saturated carbocycles. The van der Waals surface area contributed by atoms with Crippen LogP contribution in [0.3, 0.4) is 0 Å². The van der Waals surface area contributed by atoms with Gasteiger partial charge in [0.25, 0.3) is 0 Å². The number of urea groups is 1. The Labute approximate surface area is 130 Å². The summed E-state index contributed by atoms with van der Waals surface area (Å²) in [7, 11) is 0. The molecule has 1 aromatic carbocycles. The Balaban J connectivity index is 1.72. The van der Waals surface area contributed by atoms with Crippen LogP contribution in [-0.4, -0.2) is 29.7 Å². The molecule has 0 spiro atoms. The average Bonchev–Trinajstić information content (AvgIpc) is 2.36. The third kappa shape index (κ3) is 4.42. The SMILES string of the molecule is O=C(O)CCNC(=O)NC1CC(c2ccc(F)c(Br)c2)C1. The molecule has 0 heterocycles. The number of hydrogen-bond donors (Lipinski definition) is 3. The van der Waals surface area contributed by atoms with E-state index in [1.807, 2.05) is 0 Å².